The second-order valence-corrected chi connectivity index (χ2v) is 6.21. The Morgan fingerprint density at radius 3 is 2.59 bits per heavy atom. The smallest absolute Gasteiger partial charge is 0.319 e. The number of anilines is 1. The summed E-state index contributed by atoms with van der Waals surface area (Å²) in [5.41, 5.74) is 2.49. The summed E-state index contributed by atoms with van der Waals surface area (Å²) in [5, 5.41) is 18.0. The van der Waals surface area contributed by atoms with Gasteiger partial charge in [-0.05, 0) is 55.3 Å². The summed E-state index contributed by atoms with van der Waals surface area (Å²) in [6.07, 6.45) is -0.600. The number of hydrogen-bond donors (Lipinski definition) is 4. The van der Waals surface area contributed by atoms with Crippen molar-refractivity contribution in [1.82, 2.24) is 10.6 Å². The quantitative estimate of drug-likeness (QED) is 0.601. The van der Waals surface area contributed by atoms with E-state index in [-0.39, 0.29) is 24.7 Å². The van der Waals surface area contributed by atoms with Crippen LogP contribution in [0.25, 0.3) is 0 Å². The highest BCUT2D eigenvalue weighted by Crippen LogP contribution is 2.16. The van der Waals surface area contributed by atoms with Crippen molar-refractivity contribution in [3.8, 4) is 0 Å². The second kappa shape index (κ2) is 9.68. The van der Waals surface area contributed by atoms with Crippen molar-refractivity contribution in [2.24, 2.45) is 0 Å². The summed E-state index contributed by atoms with van der Waals surface area (Å²) < 4.78 is 13.1. The minimum Gasteiger partial charge on any atom is -0.391 e. The maximum absolute atomic E-state index is 13.1. The first kappa shape index (κ1) is 20.4. The van der Waals surface area contributed by atoms with Crippen molar-refractivity contribution in [3.05, 3.63) is 65.0 Å². The summed E-state index contributed by atoms with van der Waals surface area (Å²) in [6, 6.07) is 10.5. The molecule has 6 nitrogen and oxygen atoms in total. The van der Waals surface area contributed by atoms with Crippen LogP contribution in [0.1, 0.15) is 28.4 Å². The van der Waals surface area contributed by atoms with Gasteiger partial charge in [-0.15, -0.1) is 0 Å². The lowest BCUT2D eigenvalue weighted by Gasteiger charge is -2.14. The molecule has 0 spiro atoms. The van der Waals surface area contributed by atoms with Gasteiger partial charge in [0.2, 0.25) is 0 Å². The summed E-state index contributed by atoms with van der Waals surface area (Å²) in [4.78, 5) is 23.8. The maximum Gasteiger partial charge on any atom is 0.319 e. The average molecular weight is 373 g/mol. The zero-order valence-corrected chi connectivity index (χ0v) is 15.4. The molecular weight excluding hydrogens is 349 g/mol. The molecule has 0 aliphatic carbocycles. The SMILES string of the molecule is CCNC(=O)c1ccc(NC(=O)NCC(O)Cc2cccc(F)c2)c(C)c1. The third-order valence-corrected chi connectivity index (χ3v) is 3.93. The number of aliphatic hydroxyl groups is 1. The van der Waals surface area contributed by atoms with Crippen LogP contribution >= 0.6 is 0 Å². The molecule has 0 aliphatic rings. The van der Waals surface area contributed by atoms with Gasteiger partial charge in [0, 0.05) is 30.8 Å². The van der Waals surface area contributed by atoms with E-state index < -0.39 is 12.1 Å². The first-order valence-corrected chi connectivity index (χ1v) is 8.75. The first-order chi connectivity index (χ1) is 12.9. The number of rotatable bonds is 7. The number of carbonyl (C=O) groups is 2. The first-order valence-electron chi connectivity index (χ1n) is 8.75. The number of amides is 3. The van der Waals surface area contributed by atoms with Gasteiger partial charge in [0.1, 0.15) is 5.82 Å². The Bertz CT molecular complexity index is 811. The van der Waals surface area contributed by atoms with Crippen molar-refractivity contribution in [2.45, 2.75) is 26.4 Å². The van der Waals surface area contributed by atoms with Crippen LogP contribution in [-0.4, -0.2) is 36.2 Å². The fourth-order valence-electron chi connectivity index (χ4n) is 2.59. The van der Waals surface area contributed by atoms with E-state index in [0.717, 1.165) is 5.56 Å². The summed E-state index contributed by atoms with van der Waals surface area (Å²) >= 11 is 0. The molecule has 0 saturated carbocycles. The zero-order chi connectivity index (χ0) is 19.8. The van der Waals surface area contributed by atoms with E-state index in [2.05, 4.69) is 16.0 Å². The molecule has 2 aromatic carbocycles. The Kier molecular flexibility index (Phi) is 7.31. The third-order valence-electron chi connectivity index (χ3n) is 3.93. The molecule has 2 rings (SSSR count). The van der Waals surface area contributed by atoms with Crippen molar-refractivity contribution in [1.29, 1.82) is 0 Å². The van der Waals surface area contributed by atoms with Crippen LogP contribution in [0.4, 0.5) is 14.9 Å². The standard InChI is InChI=1S/C20H24FN3O3/c1-3-22-19(26)15-7-8-18(13(2)9-15)24-20(27)23-12-17(25)11-14-5-4-6-16(21)10-14/h4-10,17,25H,3,11-12H2,1-2H3,(H,22,26)(H2,23,24,27). The van der Waals surface area contributed by atoms with Crippen LogP contribution in [0, 0.1) is 12.7 Å². The van der Waals surface area contributed by atoms with E-state index in [1.807, 2.05) is 6.92 Å². The summed E-state index contributed by atoms with van der Waals surface area (Å²) in [6.45, 7) is 4.20. The monoisotopic (exact) mass is 373 g/mol. The number of halogens is 1. The Morgan fingerprint density at radius 2 is 1.93 bits per heavy atom. The van der Waals surface area contributed by atoms with Crippen LogP contribution in [0.2, 0.25) is 0 Å². The van der Waals surface area contributed by atoms with Crippen LogP contribution in [-0.2, 0) is 6.42 Å². The predicted octanol–water partition coefficient (Wildman–Crippen LogP) is 2.61. The van der Waals surface area contributed by atoms with Gasteiger partial charge < -0.3 is 21.1 Å². The topological polar surface area (TPSA) is 90.5 Å². The van der Waals surface area contributed by atoms with Gasteiger partial charge in [-0.2, -0.15) is 0 Å². The number of carbonyl (C=O) groups excluding carboxylic acids is 2. The Hall–Kier alpha value is -2.93. The fourth-order valence-corrected chi connectivity index (χ4v) is 2.59. The molecule has 2 aromatic rings. The predicted molar refractivity (Wildman–Crippen MR) is 102 cm³/mol. The molecule has 4 N–H and O–H groups in total. The molecule has 0 aromatic heterocycles. The van der Waals surface area contributed by atoms with E-state index in [1.165, 1.54) is 12.1 Å². The van der Waals surface area contributed by atoms with Gasteiger partial charge in [-0.3, -0.25) is 4.79 Å². The van der Waals surface area contributed by atoms with Gasteiger partial charge in [0.05, 0.1) is 6.10 Å². The minimum atomic E-state index is -0.834. The third kappa shape index (κ3) is 6.38. The van der Waals surface area contributed by atoms with Gasteiger partial charge in [0.25, 0.3) is 5.91 Å². The largest absolute Gasteiger partial charge is 0.391 e. The van der Waals surface area contributed by atoms with Crippen molar-refractivity contribution in [3.63, 3.8) is 0 Å². The molecule has 3 amide bonds. The molecule has 27 heavy (non-hydrogen) atoms. The van der Waals surface area contributed by atoms with Crippen LogP contribution < -0.4 is 16.0 Å². The average Bonchev–Trinajstić information content (AvgIpc) is 2.62. The summed E-state index contributed by atoms with van der Waals surface area (Å²) in [5.74, 6) is -0.533. The number of nitrogens with one attached hydrogen (secondary N) is 3. The molecule has 0 saturated heterocycles. The molecule has 0 fully saturated rings. The van der Waals surface area contributed by atoms with Gasteiger partial charge in [-0.25, -0.2) is 9.18 Å². The van der Waals surface area contributed by atoms with Gasteiger partial charge in [0.15, 0.2) is 0 Å². The molecule has 0 bridgehead atoms. The minimum absolute atomic E-state index is 0.0262. The number of urea groups is 1. The van der Waals surface area contributed by atoms with Crippen LogP contribution in [0.3, 0.4) is 0 Å². The van der Waals surface area contributed by atoms with E-state index in [0.29, 0.717) is 23.4 Å². The van der Waals surface area contributed by atoms with E-state index in [4.69, 9.17) is 0 Å². The Morgan fingerprint density at radius 1 is 1.15 bits per heavy atom. The highest BCUT2D eigenvalue weighted by atomic mass is 19.1. The Labute approximate surface area is 157 Å². The molecule has 1 unspecified atom stereocenters. The highest BCUT2D eigenvalue weighted by molar-refractivity contribution is 5.96. The lowest BCUT2D eigenvalue weighted by molar-refractivity contribution is 0.0955. The van der Waals surface area contributed by atoms with E-state index in [9.17, 15) is 19.1 Å². The molecule has 0 aliphatic heterocycles. The van der Waals surface area contributed by atoms with Gasteiger partial charge in [-0.1, -0.05) is 12.1 Å². The highest BCUT2D eigenvalue weighted by Gasteiger charge is 2.11. The van der Waals surface area contributed by atoms with Crippen molar-refractivity contribution >= 4 is 17.6 Å². The lowest BCUT2D eigenvalue weighted by atomic mass is 10.1. The molecule has 0 heterocycles. The molecule has 0 radical (unpaired) electrons. The number of hydrogen-bond acceptors (Lipinski definition) is 3. The fraction of sp³-hybridized carbons (Fsp3) is 0.300. The Balaban J connectivity index is 1.85. The van der Waals surface area contributed by atoms with Crippen LogP contribution in [0.5, 0.6) is 0 Å². The van der Waals surface area contributed by atoms with Crippen molar-refractivity contribution < 1.29 is 19.1 Å². The van der Waals surface area contributed by atoms with Crippen LogP contribution in [0.15, 0.2) is 42.5 Å². The number of aryl methyl sites for hydroxylation is 1. The summed E-state index contributed by atoms with van der Waals surface area (Å²) in [7, 11) is 0. The normalized spacial score (nSPS) is 11.6. The molecular formula is C20H24FN3O3. The van der Waals surface area contributed by atoms with E-state index >= 15 is 0 Å². The zero-order valence-electron chi connectivity index (χ0n) is 15.4. The molecule has 7 heteroatoms. The van der Waals surface area contributed by atoms with Crippen molar-refractivity contribution in [2.75, 3.05) is 18.4 Å². The van der Waals surface area contributed by atoms with E-state index in [1.54, 1.807) is 37.3 Å². The molecule has 1 atom stereocenters. The van der Waals surface area contributed by atoms with Gasteiger partial charge >= 0.3 is 6.03 Å². The lowest BCUT2D eigenvalue weighted by Crippen LogP contribution is -2.36. The number of benzene rings is 2. The maximum atomic E-state index is 13.1. The molecule has 144 valence electrons. The number of aliphatic hydroxyl groups excluding tert-OH is 1. The second-order valence-electron chi connectivity index (χ2n) is 6.21.